The van der Waals surface area contributed by atoms with Crippen molar-refractivity contribution < 1.29 is 13.2 Å². The van der Waals surface area contributed by atoms with Crippen molar-refractivity contribution in [2.45, 2.75) is 39.3 Å². The molecule has 7 heteroatoms. The minimum Gasteiger partial charge on any atom is -0.374 e. The van der Waals surface area contributed by atoms with Crippen molar-refractivity contribution in [2.75, 3.05) is 23.4 Å². The maximum atomic E-state index is 12.7. The molecule has 1 saturated heterocycles. The van der Waals surface area contributed by atoms with Crippen LogP contribution < -0.4 is 5.32 Å². The van der Waals surface area contributed by atoms with E-state index in [1.165, 1.54) is 0 Å². The Hall–Kier alpha value is -1.27. The highest BCUT2D eigenvalue weighted by atomic mass is 35.5. The normalized spacial score (nSPS) is 21.0. The van der Waals surface area contributed by atoms with Crippen LogP contribution in [0.1, 0.15) is 25.8 Å². The lowest BCUT2D eigenvalue weighted by atomic mass is 10.1. The van der Waals surface area contributed by atoms with Gasteiger partial charge in [-0.05, 0) is 44.9 Å². The van der Waals surface area contributed by atoms with Crippen LogP contribution in [0.25, 0.3) is 0 Å². The number of carbonyl (C=O) groups is 1. The van der Waals surface area contributed by atoms with Crippen molar-refractivity contribution in [2.24, 2.45) is 0 Å². The van der Waals surface area contributed by atoms with Crippen LogP contribution in [0.2, 0.25) is 5.02 Å². The molecule has 0 aliphatic carbocycles. The molecule has 0 saturated carbocycles. The zero-order chi connectivity index (χ0) is 17.2. The number of halogens is 1. The fraction of sp³-hybridized carbons (Fsp3) is 0.562. The maximum absolute atomic E-state index is 12.7. The molecular formula is C16H23ClN2O3S. The Kier molecular flexibility index (Phi) is 5.57. The molecule has 2 rings (SSSR count). The Morgan fingerprint density at radius 3 is 2.74 bits per heavy atom. The van der Waals surface area contributed by atoms with Crippen LogP contribution >= 0.6 is 11.6 Å². The lowest BCUT2D eigenvalue weighted by Gasteiger charge is -2.30. The summed E-state index contributed by atoms with van der Waals surface area (Å²) in [6, 6.07) is 4.84. The van der Waals surface area contributed by atoms with Crippen LogP contribution in [0.15, 0.2) is 18.2 Å². The number of anilines is 1. The van der Waals surface area contributed by atoms with Gasteiger partial charge in [-0.1, -0.05) is 17.7 Å². The Bertz CT molecular complexity index is 691. The van der Waals surface area contributed by atoms with E-state index in [2.05, 4.69) is 5.32 Å². The fourth-order valence-electron chi connectivity index (χ4n) is 2.92. The number of rotatable bonds is 5. The van der Waals surface area contributed by atoms with Crippen LogP contribution in [0.4, 0.5) is 5.69 Å². The molecule has 1 N–H and O–H groups in total. The van der Waals surface area contributed by atoms with Gasteiger partial charge in [0.2, 0.25) is 5.91 Å². The highest BCUT2D eigenvalue weighted by Crippen LogP contribution is 2.24. The molecule has 0 unspecified atom stereocenters. The molecule has 0 radical (unpaired) electrons. The number of nitrogens with one attached hydrogen (secondary N) is 1. The van der Waals surface area contributed by atoms with Crippen LogP contribution in [0, 0.1) is 6.92 Å². The molecule has 0 spiro atoms. The largest absolute Gasteiger partial charge is 0.374 e. The zero-order valence-corrected chi connectivity index (χ0v) is 15.2. The Labute approximate surface area is 142 Å². The average molecular weight is 359 g/mol. The molecule has 1 heterocycles. The second-order valence-electron chi connectivity index (χ2n) is 5.96. The summed E-state index contributed by atoms with van der Waals surface area (Å²) in [4.78, 5) is 14.4. The van der Waals surface area contributed by atoms with Crippen LogP contribution in [-0.2, 0) is 14.6 Å². The van der Waals surface area contributed by atoms with Crippen molar-refractivity contribution in [3.63, 3.8) is 0 Å². The molecule has 1 aliphatic heterocycles. The third kappa shape index (κ3) is 4.18. The van der Waals surface area contributed by atoms with Gasteiger partial charge in [-0.15, -0.1) is 0 Å². The molecule has 1 aromatic carbocycles. The van der Waals surface area contributed by atoms with Gasteiger partial charge >= 0.3 is 0 Å². The number of likely N-dealkylation sites (N-methyl/N-ethyl adjacent to an activating group) is 1. The summed E-state index contributed by atoms with van der Waals surface area (Å²) in [5.74, 6) is 0.139. The minimum atomic E-state index is -3.01. The van der Waals surface area contributed by atoms with E-state index in [0.717, 1.165) is 11.3 Å². The molecule has 1 amide bonds. The van der Waals surface area contributed by atoms with Gasteiger partial charge in [0.1, 0.15) is 6.04 Å². The third-order valence-corrected chi connectivity index (χ3v) is 6.44. The van der Waals surface area contributed by atoms with E-state index < -0.39 is 15.9 Å². The molecule has 0 aromatic heterocycles. The summed E-state index contributed by atoms with van der Waals surface area (Å²) in [6.07, 6.45) is 0.519. The van der Waals surface area contributed by atoms with Crippen LogP contribution in [0.3, 0.4) is 0 Å². The standard InChI is InChI=1S/C16H23ClN2O3S/c1-4-19(13-8-9-23(21,22)10-13)16(20)12(3)18-15-7-5-6-14(17)11(15)2/h5-7,12-13,18H,4,8-10H2,1-3H3/t12-,13-/m1/s1. The number of carbonyl (C=O) groups excluding carboxylic acids is 1. The zero-order valence-electron chi connectivity index (χ0n) is 13.7. The molecule has 1 fully saturated rings. The Morgan fingerprint density at radius 1 is 1.48 bits per heavy atom. The first-order chi connectivity index (χ1) is 10.7. The van der Waals surface area contributed by atoms with Crippen molar-refractivity contribution in [3.05, 3.63) is 28.8 Å². The summed E-state index contributed by atoms with van der Waals surface area (Å²) in [5, 5.41) is 3.83. The van der Waals surface area contributed by atoms with Crippen LogP contribution in [-0.4, -0.2) is 49.4 Å². The monoisotopic (exact) mass is 358 g/mol. The minimum absolute atomic E-state index is 0.0650. The number of hydrogen-bond acceptors (Lipinski definition) is 4. The van der Waals surface area contributed by atoms with Gasteiger partial charge in [0.05, 0.1) is 11.5 Å². The van der Waals surface area contributed by atoms with E-state index in [9.17, 15) is 13.2 Å². The number of hydrogen-bond donors (Lipinski definition) is 1. The third-order valence-electron chi connectivity index (χ3n) is 4.28. The molecule has 23 heavy (non-hydrogen) atoms. The first-order valence-electron chi connectivity index (χ1n) is 7.77. The molecule has 1 aliphatic rings. The molecule has 2 atom stereocenters. The number of sulfone groups is 1. The highest BCUT2D eigenvalue weighted by molar-refractivity contribution is 7.91. The Morgan fingerprint density at radius 2 is 2.17 bits per heavy atom. The van der Waals surface area contributed by atoms with E-state index in [0.29, 0.717) is 18.0 Å². The lowest BCUT2D eigenvalue weighted by molar-refractivity contribution is -0.133. The number of benzene rings is 1. The van der Waals surface area contributed by atoms with Crippen LogP contribution in [0.5, 0.6) is 0 Å². The van der Waals surface area contributed by atoms with Crippen molar-refractivity contribution in [1.82, 2.24) is 4.90 Å². The van der Waals surface area contributed by atoms with Crippen molar-refractivity contribution in [3.8, 4) is 0 Å². The topological polar surface area (TPSA) is 66.5 Å². The maximum Gasteiger partial charge on any atom is 0.245 e. The van der Waals surface area contributed by atoms with Gasteiger partial charge < -0.3 is 10.2 Å². The average Bonchev–Trinajstić information content (AvgIpc) is 2.84. The summed E-state index contributed by atoms with van der Waals surface area (Å²) in [6.45, 7) is 6.05. The van der Waals surface area contributed by atoms with Crippen molar-refractivity contribution in [1.29, 1.82) is 0 Å². The second kappa shape index (κ2) is 7.09. The molecule has 5 nitrogen and oxygen atoms in total. The molecule has 0 bridgehead atoms. The predicted octanol–water partition coefficient (Wildman–Crippen LogP) is 2.48. The van der Waals surface area contributed by atoms with E-state index >= 15 is 0 Å². The SMILES string of the molecule is CCN(C(=O)[C@@H](C)Nc1cccc(Cl)c1C)[C@@H]1CCS(=O)(=O)C1. The molecule has 128 valence electrons. The molecular weight excluding hydrogens is 336 g/mol. The summed E-state index contributed by atoms with van der Waals surface area (Å²) < 4.78 is 23.3. The smallest absolute Gasteiger partial charge is 0.245 e. The van der Waals surface area contributed by atoms with E-state index in [4.69, 9.17) is 11.6 Å². The molecule has 1 aromatic rings. The van der Waals surface area contributed by atoms with Gasteiger partial charge in [0.15, 0.2) is 9.84 Å². The van der Waals surface area contributed by atoms with E-state index in [1.807, 2.05) is 26.0 Å². The number of amides is 1. The highest BCUT2D eigenvalue weighted by Gasteiger charge is 2.35. The van der Waals surface area contributed by atoms with E-state index in [1.54, 1.807) is 17.9 Å². The summed E-state index contributed by atoms with van der Waals surface area (Å²) in [7, 11) is -3.01. The van der Waals surface area contributed by atoms with E-state index in [-0.39, 0.29) is 23.5 Å². The van der Waals surface area contributed by atoms with Gasteiger partial charge in [0.25, 0.3) is 0 Å². The second-order valence-corrected chi connectivity index (χ2v) is 8.60. The predicted molar refractivity (Wildman–Crippen MR) is 93.7 cm³/mol. The summed E-state index contributed by atoms with van der Waals surface area (Å²) >= 11 is 6.10. The van der Waals surface area contributed by atoms with Gasteiger partial charge in [-0.25, -0.2) is 8.42 Å². The van der Waals surface area contributed by atoms with Gasteiger partial charge in [0, 0.05) is 23.3 Å². The van der Waals surface area contributed by atoms with Gasteiger partial charge in [-0.2, -0.15) is 0 Å². The fourth-order valence-corrected chi connectivity index (χ4v) is 4.83. The Balaban J connectivity index is 2.10. The first-order valence-corrected chi connectivity index (χ1v) is 9.97. The van der Waals surface area contributed by atoms with Gasteiger partial charge in [-0.3, -0.25) is 4.79 Å². The lowest BCUT2D eigenvalue weighted by Crippen LogP contribution is -2.47. The number of nitrogens with zero attached hydrogens (tertiary/aromatic N) is 1. The summed E-state index contributed by atoms with van der Waals surface area (Å²) in [5.41, 5.74) is 1.70. The quantitative estimate of drug-likeness (QED) is 0.878. The van der Waals surface area contributed by atoms with Crippen molar-refractivity contribution >= 4 is 33.0 Å². The first kappa shape index (κ1) is 18.1.